The van der Waals surface area contributed by atoms with Crippen LogP contribution in [0.1, 0.15) is 52.9 Å². The minimum absolute atomic E-state index is 0.180. The van der Waals surface area contributed by atoms with E-state index in [2.05, 4.69) is 5.32 Å². The van der Waals surface area contributed by atoms with Crippen LogP contribution in [-0.4, -0.2) is 35.1 Å². The number of urea groups is 1. The van der Waals surface area contributed by atoms with Crippen LogP contribution < -0.4 is 5.32 Å². The number of nitrogens with zero attached hydrogens (tertiary/aromatic N) is 1. The molecule has 1 aliphatic heterocycles. The molecule has 1 fully saturated rings. The summed E-state index contributed by atoms with van der Waals surface area (Å²) in [6, 6.07) is -0.180. The minimum atomic E-state index is -0.986. The van der Waals surface area contributed by atoms with Gasteiger partial charge in [0.2, 0.25) is 0 Å². The van der Waals surface area contributed by atoms with Crippen molar-refractivity contribution < 1.29 is 14.7 Å². The summed E-state index contributed by atoms with van der Waals surface area (Å²) in [6.07, 6.45) is 5.58. The summed E-state index contributed by atoms with van der Waals surface area (Å²) in [5.74, 6) is -0.986. The van der Waals surface area contributed by atoms with Gasteiger partial charge in [-0.2, -0.15) is 0 Å². The molecule has 0 radical (unpaired) electrons. The van der Waals surface area contributed by atoms with Crippen molar-refractivity contribution in [3.05, 3.63) is 16.0 Å². The number of aromatic carboxylic acids is 1. The van der Waals surface area contributed by atoms with Crippen LogP contribution in [0.3, 0.4) is 0 Å². The Hall–Kier alpha value is -1.56. The molecule has 1 aromatic heterocycles. The van der Waals surface area contributed by atoms with Crippen molar-refractivity contribution in [2.24, 2.45) is 0 Å². The van der Waals surface area contributed by atoms with Gasteiger partial charge < -0.3 is 10.0 Å². The van der Waals surface area contributed by atoms with Gasteiger partial charge in [0.1, 0.15) is 5.00 Å². The number of hydrogen-bond donors (Lipinski definition) is 2. The molecule has 21 heavy (non-hydrogen) atoms. The van der Waals surface area contributed by atoms with Crippen molar-refractivity contribution in [1.29, 1.82) is 0 Å². The van der Waals surface area contributed by atoms with Crippen LogP contribution in [0.4, 0.5) is 9.80 Å². The van der Waals surface area contributed by atoms with Crippen molar-refractivity contribution >= 4 is 28.3 Å². The van der Waals surface area contributed by atoms with E-state index in [0.717, 1.165) is 49.2 Å². The number of anilines is 1. The van der Waals surface area contributed by atoms with E-state index in [9.17, 15) is 14.7 Å². The Labute approximate surface area is 129 Å². The first kappa shape index (κ1) is 15.8. The molecule has 2 heterocycles. The maximum absolute atomic E-state index is 12.4. The highest BCUT2D eigenvalue weighted by Gasteiger charge is 2.22. The molecule has 5 nitrogen and oxygen atoms in total. The zero-order valence-electron chi connectivity index (χ0n) is 12.6. The van der Waals surface area contributed by atoms with E-state index < -0.39 is 5.97 Å². The van der Waals surface area contributed by atoms with Crippen LogP contribution in [0, 0.1) is 13.8 Å². The van der Waals surface area contributed by atoms with E-state index in [0.29, 0.717) is 5.00 Å². The number of hydrogen-bond acceptors (Lipinski definition) is 3. The van der Waals surface area contributed by atoms with E-state index in [1.807, 2.05) is 6.92 Å². The van der Waals surface area contributed by atoms with Gasteiger partial charge in [0.15, 0.2) is 0 Å². The van der Waals surface area contributed by atoms with Gasteiger partial charge in [-0.25, -0.2) is 9.59 Å². The summed E-state index contributed by atoms with van der Waals surface area (Å²) in [6.45, 7) is 5.15. The molecule has 1 aromatic rings. The average Bonchev–Trinajstić information content (AvgIpc) is 2.63. The summed E-state index contributed by atoms with van der Waals surface area (Å²) in [5.41, 5.74) is 0.952. The second-order valence-corrected chi connectivity index (χ2v) is 6.70. The average molecular weight is 310 g/mol. The van der Waals surface area contributed by atoms with E-state index >= 15 is 0 Å². The molecule has 2 rings (SSSR count). The fourth-order valence-corrected chi connectivity index (χ4v) is 3.64. The molecule has 0 bridgehead atoms. The number of amides is 2. The normalized spacial score (nSPS) is 16.2. The second-order valence-electron chi connectivity index (χ2n) is 5.48. The molecule has 0 aromatic carbocycles. The lowest BCUT2D eigenvalue weighted by atomic mass is 10.1. The van der Waals surface area contributed by atoms with Crippen molar-refractivity contribution in [2.75, 3.05) is 18.4 Å². The number of likely N-dealkylation sites (tertiary alicyclic amines) is 1. The number of carbonyl (C=O) groups is 2. The highest BCUT2D eigenvalue weighted by atomic mass is 32.1. The molecule has 0 aliphatic carbocycles. The smallest absolute Gasteiger partial charge is 0.338 e. The number of nitrogens with one attached hydrogen (secondary N) is 1. The van der Waals surface area contributed by atoms with Crippen molar-refractivity contribution in [3.8, 4) is 0 Å². The maximum Gasteiger partial charge on any atom is 0.338 e. The molecule has 0 atom stereocenters. The third-order valence-electron chi connectivity index (χ3n) is 3.96. The van der Waals surface area contributed by atoms with Crippen molar-refractivity contribution in [2.45, 2.75) is 46.0 Å². The standard InChI is InChI=1S/C15H22N2O3S/c1-10-11(2)21-13(12(10)14(18)19)16-15(20)17-8-6-4-3-5-7-9-17/h3-9H2,1-2H3,(H,16,20)(H,18,19). The van der Waals surface area contributed by atoms with Gasteiger partial charge in [-0.1, -0.05) is 19.3 Å². The fourth-order valence-electron chi connectivity index (χ4n) is 2.60. The van der Waals surface area contributed by atoms with Crippen molar-refractivity contribution in [1.82, 2.24) is 4.90 Å². The number of thiophene rings is 1. The van der Waals surface area contributed by atoms with Crippen LogP contribution in [0.2, 0.25) is 0 Å². The number of rotatable bonds is 2. The zero-order valence-corrected chi connectivity index (χ0v) is 13.4. The zero-order chi connectivity index (χ0) is 15.4. The maximum atomic E-state index is 12.4. The molecule has 0 unspecified atom stereocenters. The first-order valence-corrected chi connectivity index (χ1v) is 8.21. The Bertz CT molecular complexity index is 531. The summed E-state index contributed by atoms with van der Waals surface area (Å²) in [5, 5.41) is 12.6. The molecule has 6 heteroatoms. The van der Waals surface area contributed by atoms with Gasteiger partial charge in [0.25, 0.3) is 0 Å². The summed E-state index contributed by atoms with van der Waals surface area (Å²) >= 11 is 1.33. The quantitative estimate of drug-likeness (QED) is 0.871. The monoisotopic (exact) mass is 310 g/mol. The topological polar surface area (TPSA) is 69.6 Å². The molecule has 1 saturated heterocycles. The SMILES string of the molecule is Cc1sc(NC(=O)N2CCCCCCC2)c(C(=O)O)c1C. The lowest BCUT2D eigenvalue weighted by Gasteiger charge is -2.24. The Morgan fingerprint density at radius 2 is 1.67 bits per heavy atom. The van der Waals surface area contributed by atoms with Crippen LogP contribution in [0.5, 0.6) is 0 Å². The second kappa shape index (κ2) is 6.93. The summed E-state index contributed by atoms with van der Waals surface area (Å²) in [7, 11) is 0. The largest absolute Gasteiger partial charge is 0.478 e. The molecule has 2 amide bonds. The predicted molar refractivity (Wildman–Crippen MR) is 84.4 cm³/mol. The number of carboxylic acids is 1. The van der Waals surface area contributed by atoms with Crippen LogP contribution >= 0.6 is 11.3 Å². The van der Waals surface area contributed by atoms with E-state index in [1.165, 1.54) is 17.8 Å². The third-order valence-corrected chi connectivity index (χ3v) is 5.09. The van der Waals surface area contributed by atoms with Gasteiger partial charge in [0.05, 0.1) is 5.56 Å². The Balaban J connectivity index is 2.11. The van der Waals surface area contributed by atoms with Gasteiger partial charge in [-0.3, -0.25) is 5.32 Å². The van der Waals surface area contributed by atoms with Crippen molar-refractivity contribution in [3.63, 3.8) is 0 Å². The molecule has 0 spiro atoms. The molecule has 2 N–H and O–H groups in total. The molecule has 116 valence electrons. The summed E-state index contributed by atoms with van der Waals surface area (Å²) < 4.78 is 0. The van der Waals surface area contributed by atoms with E-state index in [-0.39, 0.29) is 11.6 Å². The van der Waals surface area contributed by atoms with E-state index in [4.69, 9.17) is 0 Å². The number of carbonyl (C=O) groups excluding carboxylic acids is 1. The fraction of sp³-hybridized carbons (Fsp3) is 0.600. The molecular formula is C15H22N2O3S. The summed E-state index contributed by atoms with van der Waals surface area (Å²) in [4.78, 5) is 26.4. The van der Waals surface area contributed by atoms with Gasteiger partial charge in [-0.05, 0) is 32.3 Å². The van der Waals surface area contributed by atoms with Gasteiger partial charge in [-0.15, -0.1) is 11.3 Å². The Morgan fingerprint density at radius 3 is 2.24 bits per heavy atom. The van der Waals surface area contributed by atoms with Gasteiger partial charge in [0, 0.05) is 18.0 Å². The van der Waals surface area contributed by atoms with Crippen LogP contribution in [-0.2, 0) is 0 Å². The third kappa shape index (κ3) is 3.75. The number of aryl methyl sites for hydroxylation is 1. The molecule has 1 aliphatic rings. The Morgan fingerprint density at radius 1 is 1.10 bits per heavy atom. The lowest BCUT2D eigenvalue weighted by molar-refractivity contribution is 0.0697. The first-order valence-electron chi connectivity index (χ1n) is 7.40. The Kier molecular flexibility index (Phi) is 5.22. The first-order chi connectivity index (χ1) is 10.0. The van der Waals surface area contributed by atoms with Gasteiger partial charge >= 0.3 is 12.0 Å². The van der Waals surface area contributed by atoms with E-state index in [1.54, 1.807) is 11.8 Å². The number of carboxylic acid groups (broad SMARTS) is 1. The van der Waals surface area contributed by atoms with Crippen LogP contribution in [0.15, 0.2) is 0 Å². The molecular weight excluding hydrogens is 288 g/mol. The lowest BCUT2D eigenvalue weighted by Crippen LogP contribution is -2.37. The predicted octanol–water partition coefficient (Wildman–Crippen LogP) is 3.86. The highest BCUT2D eigenvalue weighted by Crippen LogP contribution is 2.32. The minimum Gasteiger partial charge on any atom is -0.478 e. The van der Waals surface area contributed by atoms with Crippen LogP contribution in [0.25, 0.3) is 0 Å². The molecule has 0 saturated carbocycles. The highest BCUT2D eigenvalue weighted by molar-refractivity contribution is 7.16.